The van der Waals surface area contributed by atoms with Crippen molar-refractivity contribution in [3.8, 4) is 0 Å². The third-order valence-corrected chi connectivity index (χ3v) is 5.21. The van der Waals surface area contributed by atoms with Crippen molar-refractivity contribution in [3.05, 3.63) is 48.0 Å². The van der Waals surface area contributed by atoms with Crippen LogP contribution < -0.4 is 10.6 Å². The second kappa shape index (κ2) is 13.0. The molecule has 1 aliphatic heterocycles. The van der Waals surface area contributed by atoms with Crippen LogP contribution in [0.5, 0.6) is 0 Å². The highest BCUT2D eigenvalue weighted by molar-refractivity contribution is 5.79. The van der Waals surface area contributed by atoms with Gasteiger partial charge in [0.25, 0.3) is 0 Å². The van der Waals surface area contributed by atoms with E-state index in [1.165, 1.54) is 5.56 Å². The van der Waals surface area contributed by atoms with Crippen molar-refractivity contribution >= 4 is 5.96 Å². The van der Waals surface area contributed by atoms with Crippen LogP contribution in [0.1, 0.15) is 24.7 Å². The molecule has 0 unspecified atom stereocenters. The van der Waals surface area contributed by atoms with E-state index < -0.39 is 0 Å². The number of hydrogen-bond acceptors (Lipinski definition) is 5. The number of benzene rings is 1. The Labute approximate surface area is 179 Å². The fourth-order valence-corrected chi connectivity index (χ4v) is 3.49. The molecule has 1 aliphatic rings. The molecule has 1 fully saturated rings. The Kier molecular flexibility index (Phi) is 9.62. The Hall–Kier alpha value is -2.45. The summed E-state index contributed by atoms with van der Waals surface area (Å²) in [6.45, 7) is 10.2. The van der Waals surface area contributed by atoms with Crippen LogP contribution in [0.2, 0.25) is 0 Å². The third kappa shape index (κ3) is 7.76. The van der Waals surface area contributed by atoms with Gasteiger partial charge in [-0.3, -0.25) is 9.89 Å². The minimum Gasteiger partial charge on any atom is -0.379 e. The highest BCUT2D eigenvalue weighted by Gasteiger charge is 2.09. The molecule has 0 saturated carbocycles. The summed E-state index contributed by atoms with van der Waals surface area (Å²) in [5.41, 5.74) is 1.33. The van der Waals surface area contributed by atoms with E-state index in [0.717, 1.165) is 90.1 Å². The number of hydrogen-bond donors (Lipinski definition) is 2. The number of nitrogens with one attached hydrogen (secondary N) is 2. The zero-order valence-corrected chi connectivity index (χ0v) is 18.1. The standard InChI is InChI=1S/C22H35N7O/c1-2-21-27-26-19-29(21)14-12-25-22(24-11-9-20-7-4-3-5-8-20)23-10-6-13-28-15-17-30-18-16-28/h3-5,7-8,19H,2,6,9-18H2,1H3,(H2,23,24,25). The van der Waals surface area contributed by atoms with Gasteiger partial charge in [0.15, 0.2) is 5.96 Å². The van der Waals surface area contributed by atoms with Crippen LogP contribution in [0.25, 0.3) is 0 Å². The van der Waals surface area contributed by atoms with E-state index >= 15 is 0 Å². The van der Waals surface area contributed by atoms with Gasteiger partial charge in [0.05, 0.1) is 13.2 Å². The maximum absolute atomic E-state index is 5.42. The van der Waals surface area contributed by atoms with Gasteiger partial charge >= 0.3 is 0 Å². The van der Waals surface area contributed by atoms with Gasteiger partial charge in [-0.2, -0.15) is 0 Å². The van der Waals surface area contributed by atoms with Gasteiger partial charge in [-0.1, -0.05) is 37.3 Å². The van der Waals surface area contributed by atoms with E-state index in [1.54, 1.807) is 6.33 Å². The van der Waals surface area contributed by atoms with Gasteiger partial charge in [-0.15, -0.1) is 10.2 Å². The summed E-state index contributed by atoms with van der Waals surface area (Å²) in [5.74, 6) is 1.89. The van der Waals surface area contributed by atoms with E-state index in [2.05, 4.69) is 67.6 Å². The first-order valence-electron chi connectivity index (χ1n) is 11.1. The lowest BCUT2D eigenvalue weighted by atomic mass is 10.1. The lowest BCUT2D eigenvalue weighted by Gasteiger charge is -2.26. The second-order valence-corrected chi connectivity index (χ2v) is 7.42. The molecule has 3 rings (SSSR count). The van der Waals surface area contributed by atoms with Crippen molar-refractivity contribution in [2.75, 3.05) is 52.5 Å². The number of ether oxygens (including phenoxy) is 1. The molecule has 2 N–H and O–H groups in total. The Morgan fingerprint density at radius 1 is 1.10 bits per heavy atom. The molecule has 0 radical (unpaired) electrons. The number of morpholine rings is 1. The molecule has 0 atom stereocenters. The highest BCUT2D eigenvalue weighted by atomic mass is 16.5. The summed E-state index contributed by atoms with van der Waals surface area (Å²) in [4.78, 5) is 7.25. The fourth-order valence-electron chi connectivity index (χ4n) is 3.49. The molecule has 164 valence electrons. The predicted molar refractivity (Wildman–Crippen MR) is 120 cm³/mol. The first-order chi connectivity index (χ1) is 14.8. The van der Waals surface area contributed by atoms with Crippen LogP contribution >= 0.6 is 0 Å². The minimum atomic E-state index is 0.783. The summed E-state index contributed by atoms with van der Waals surface area (Å²) in [6.07, 6.45) is 4.71. The van der Waals surface area contributed by atoms with Gasteiger partial charge in [0.1, 0.15) is 12.2 Å². The van der Waals surface area contributed by atoms with E-state index in [9.17, 15) is 0 Å². The number of aryl methyl sites for hydroxylation is 1. The lowest BCUT2D eigenvalue weighted by Crippen LogP contribution is -2.40. The molecule has 1 saturated heterocycles. The molecule has 2 heterocycles. The molecule has 2 aromatic rings. The maximum Gasteiger partial charge on any atom is 0.191 e. The SMILES string of the molecule is CCc1nncn1CCNC(=NCCCN1CCOCC1)NCCc1ccccc1. The zero-order chi connectivity index (χ0) is 20.9. The number of guanidine groups is 1. The normalized spacial score (nSPS) is 15.3. The highest BCUT2D eigenvalue weighted by Crippen LogP contribution is 2.00. The zero-order valence-electron chi connectivity index (χ0n) is 18.1. The molecule has 30 heavy (non-hydrogen) atoms. The van der Waals surface area contributed by atoms with Gasteiger partial charge in [0, 0.05) is 52.2 Å². The Morgan fingerprint density at radius 2 is 1.90 bits per heavy atom. The average Bonchev–Trinajstić information content (AvgIpc) is 3.25. The molecule has 8 nitrogen and oxygen atoms in total. The maximum atomic E-state index is 5.42. The largest absolute Gasteiger partial charge is 0.379 e. The van der Waals surface area contributed by atoms with Crippen molar-refractivity contribution in [1.82, 2.24) is 30.3 Å². The molecule has 8 heteroatoms. The molecule has 1 aromatic carbocycles. The fraction of sp³-hybridized carbons (Fsp3) is 0.591. The average molecular weight is 414 g/mol. The molecule has 0 bridgehead atoms. The minimum absolute atomic E-state index is 0.783. The van der Waals surface area contributed by atoms with Gasteiger partial charge < -0.3 is 19.9 Å². The molecule has 0 amide bonds. The Bertz CT molecular complexity index is 741. The number of nitrogens with zero attached hydrogens (tertiary/aromatic N) is 5. The number of aliphatic imine (C=N–C) groups is 1. The molecule has 0 spiro atoms. The van der Waals surface area contributed by atoms with E-state index in [-0.39, 0.29) is 0 Å². The first-order valence-corrected chi connectivity index (χ1v) is 11.1. The topological polar surface area (TPSA) is 79.6 Å². The Morgan fingerprint density at radius 3 is 2.70 bits per heavy atom. The summed E-state index contributed by atoms with van der Waals surface area (Å²) < 4.78 is 7.51. The van der Waals surface area contributed by atoms with Gasteiger partial charge in [0.2, 0.25) is 0 Å². The monoisotopic (exact) mass is 413 g/mol. The first kappa shape index (κ1) is 22.2. The second-order valence-electron chi connectivity index (χ2n) is 7.42. The van der Waals surface area contributed by atoms with Crippen molar-refractivity contribution in [3.63, 3.8) is 0 Å². The quantitative estimate of drug-likeness (QED) is 0.329. The van der Waals surface area contributed by atoms with Crippen molar-refractivity contribution < 1.29 is 4.74 Å². The summed E-state index contributed by atoms with van der Waals surface area (Å²) >= 11 is 0. The summed E-state index contributed by atoms with van der Waals surface area (Å²) in [5, 5.41) is 15.1. The van der Waals surface area contributed by atoms with E-state index in [0.29, 0.717) is 0 Å². The van der Waals surface area contributed by atoms with E-state index in [1.807, 2.05) is 0 Å². The van der Waals surface area contributed by atoms with E-state index in [4.69, 9.17) is 9.73 Å². The smallest absolute Gasteiger partial charge is 0.191 e. The molecular weight excluding hydrogens is 378 g/mol. The predicted octanol–water partition coefficient (Wildman–Crippen LogP) is 1.34. The van der Waals surface area contributed by atoms with Crippen molar-refractivity contribution in [1.29, 1.82) is 0 Å². The Balaban J connectivity index is 1.45. The van der Waals surface area contributed by atoms with Crippen LogP contribution in [0.4, 0.5) is 0 Å². The molecule has 1 aromatic heterocycles. The van der Waals surface area contributed by atoms with Gasteiger partial charge in [-0.05, 0) is 18.4 Å². The number of aromatic nitrogens is 3. The van der Waals surface area contributed by atoms with Crippen LogP contribution in [0.15, 0.2) is 41.7 Å². The van der Waals surface area contributed by atoms with Crippen molar-refractivity contribution in [2.45, 2.75) is 32.7 Å². The molecule has 0 aliphatic carbocycles. The lowest BCUT2D eigenvalue weighted by molar-refractivity contribution is 0.0377. The summed E-state index contributed by atoms with van der Waals surface area (Å²) in [7, 11) is 0. The van der Waals surface area contributed by atoms with Crippen LogP contribution in [-0.4, -0.2) is 78.1 Å². The summed E-state index contributed by atoms with van der Waals surface area (Å²) in [6, 6.07) is 10.5. The van der Waals surface area contributed by atoms with Crippen LogP contribution in [0.3, 0.4) is 0 Å². The molecular formula is C22H35N7O. The van der Waals surface area contributed by atoms with Crippen molar-refractivity contribution in [2.24, 2.45) is 4.99 Å². The number of rotatable bonds is 11. The van der Waals surface area contributed by atoms with Gasteiger partial charge in [-0.25, -0.2) is 0 Å². The van der Waals surface area contributed by atoms with Crippen LogP contribution in [0, 0.1) is 0 Å². The van der Waals surface area contributed by atoms with Crippen LogP contribution in [-0.2, 0) is 24.1 Å². The third-order valence-electron chi connectivity index (χ3n) is 5.21.